The van der Waals surface area contributed by atoms with Gasteiger partial charge in [0.2, 0.25) is 0 Å². The van der Waals surface area contributed by atoms with E-state index in [0.717, 1.165) is 17.2 Å². The van der Waals surface area contributed by atoms with E-state index in [1.165, 1.54) is 19.1 Å². The van der Waals surface area contributed by atoms with E-state index in [9.17, 15) is 19.7 Å². The van der Waals surface area contributed by atoms with Crippen molar-refractivity contribution in [2.45, 2.75) is 26.9 Å². The number of carbonyl (C=O) groups is 2. The SMILES string of the molecule is Cc1ccc(C)c(NC(=O)[C@H](C)OC(=O)c2cc([N+](=O)[O-])ccc2NCCO)c1. The number of aliphatic hydroxyl groups excluding tert-OH is 1. The number of hydrogen-bond acceptors (Lipinski definition) is 7. The molecule has 0 heterocycles. The van der Waals surface area contributed by atoms with Gasteiger partial charge in [0.15, 0.2) is 6.10 Å². The van der Waals surface area contributed by atoms with Crippen molar-refractivity contribution < 1.29 is 24.4 Å². The molecular formula is C20H23N3O6. The van der Waals surface area contributed by atoms with Gasteiger partial charge in [-0.1, -0.05) is 12.1 Å². The summed E-state index contributed by atoms with van der Waals surface area (Å²) in [5.41, 5.74) is 2.30. The third-order valence-corrected chi connectivity index (χ3v) is 4.17. The summed E-state index contributed by atoms with van der Waals surface area (Å²) < 4.78 is 5.22. The van der Waals surface area contributed by atoms with Gasteiger partial charge in [-0.15, -0.1) is 0 Å². The van der Waals surface area contributed by atoms with E-state index < -0.39 is 22.9 Å². The number of hydrogen-bond donors (Lipinski definition) is 3. The van der Waals surface area contributed by atoms with Crippen LogP contribution in [0, 0.1) is 24.0 Å². The first-order valence-corrected chi connectivity index (χ1v) is 8.95. The fourth-order valence-electron chi connectivity index (χ4n) is 2.54. The standard InChI is InChI=1S/C20H23N3O6/c1-12-4-5-13(2)18(10-12)22-19(25)14(3)29-20(26)16-11-15(23(27)28)6-7-17(16)21-8-9-24/h4-7,10-11,14,21,24H,8-9H2,1-3H3,(H,22,25)/t14-/m0/s1. The van der Waals surface area contributed by atoms with E-state index in [1.807, 2.05) is 26.0 Å². The quantitative estimate of drug-likeness (QED) is 0.352. The Bertz CT molecular complexity index is 928. The molecule has 2 aromatic rings. The van der Waals surface area contributed by atoms with E-state index in [4.69, 9.17) is 9.84 Å². The summed E-state index contributed by atoms with van der Waals surface area (Å²) >= 11 is 0. The van der Waals surface area contributed by atoms with Crippen molar-refractivity contribution in [1.29, 1.82) is 0 Å². The van der Waals surface area contributed by atoms with Crippen LogP contribution < -0.4 is 10.6 Å². The van der Waals surface area contributed by atoms with Crippen LogP contribution in [-0.2, 0) is 9.53 Å². The lowest BCUT2D eigenvalue weighted by molar-refractivity contribution is -0.384. The minimum Gasteiger partial charge on any atom is -0.449 e. The van der Waals surface area contributed by atoms with Crippen LogP contribution in [0.5, 0.6) is 0 Å². The minimum absolute atomic E-state index is 0.0981. The molecule has 0 bridgehead atoms. The van der Waals surface area contributed by atoms with Gasteiger partial charge in [-0.25, -0.2) is 4.79 Å². The zero-order chi connectivity index (χ0) is 21.6. The molecule has 0 aliphatic heterocycles. The molecule has 0 saturated carbocycles. The zero-order valence-electron chi connectivity index (χ0n) is 16.4. The molecule has 3 N–H and O–H groups in total. The van der Waals surface area contributed by atoms with Gasteiger partial charge in [0.1, 0.15) is 0 Å². The Hall–Kier alpha value is -3.46. The van der Waals surface area contributed by atoms with Gasteiger partial charge in [-0.2, -0.15) is 0 Å². The molecule has 2 aromatic carbocycles. The number of nitro benzene ring substituents is 1. The van der Waals surface area contributed by atoms with Crippen LogP contribution >= 0.6 is 0 Å². The number of benzene rings is 2. The van der Waals surface area contributed by atoms with Crippen LogP contribution in [0.2, 0.25) is 0 Å². The molecule has 0 unspecified atom stereocenters. The van der Waals surface area contributed by atoms with Crippen LogP contribution in [0.1, 0.15) is 28.4 Å². The summed E-state index contributed by atoms with van der Waals surface area (Å²) in [5, 5.41) is 25.5. The molecule has 1 amide bonds. The maximum Gasteiger partial charge on any atom is 0.341 e. The lowest BCUT2D eigenvalue weighted by atomic mass is 10.1. The number of esters is 1. The monoisotopic (exact) mass is 401 g/mol. The Kier molecular flexibility index (Phi) is 7.27. The van der Waals surface area contributed by atoms with Crippen LogP contribution in [0.15, 0.2) is 36.4 Å². The number of rotatable bonds is 8. The second kappa shape index (κ2) is 9.65. The highest BCUT2D eigenvalue weighted by Crippen LogP contribution is 2.24. The van der Waals surface area contributed by atoms with Crippen LogP contribution in [0.3, 0.4) is 0 Å². The molecule has 0 fully saturated rings. The summed E-state index contributed by atoms with van der Waals surface area (Å²) in [5.74, 6) is -1.42. The third-order valence-electron chi connectivity index (χ3n) is 4.17. The first-order valence-electron chi connectivity index (χ1n) is 8.95. The first-order chi connectivity index (χ1) is 13.7. The summed E-state index contributed by atoms with van der Waals surface area (Å²) in [7, 11) is 0. The number of carbonyl (C=O) groups excluding carboxylic acids is 2. The Balaban J connectivity index is 2.17. The molecule has 0 aliphatic carbocycles. The van der Waals surface area contributed by atoms with Crippen molar-refractivity contribution in [3.05, 3.63) is 63.2 Å². The number of non-ortho nitro benzene ring substituents is 1. The second-order valence-electron chi connectivity index (χ2n) is 6.49. The Morgan fingerprint density at radius 3 is 2.55 bits per heavy atom. The molecule has 0 saturated heterocycles. The highest BCUT2D eigenvalue weighted by atomic mass is 16.6. The number of nitro groups is 1. The summed E-state index contributed by atoms with van der Waals surface area (Å²) in [6, 6.07) is 9.23. The van der Waals surface area contributed by atoms with Crippen molar-refractivity contribution in [2.75, 3.05) is 23.8 Å². The van der Waals surface area contributed by atoms with Crippen molar-refractivity contribution in [3.8, 4) is 0 Å². The number of nitrogens with one attached hydrogen (secondary N) is 2. The summed E-state index contributed by atoms with van der Waals surface area (Å²) in [4.78, 5) is 35.4. The smallest absolute Gasteiger partial charge is 0.341 e. The molecule has 1 atom stereocenters. The Labute approximate surface area is 167 Å². The van der Waals surface area contributed by atoms with Gasteiger partial charge in [-0.05, 0) is 44.0 Å². The van der Waals surface area contributed by atoms with E-state index in [2.05, 4.69) is 10.6 Å². The molecule has 2 rings (SSSR count). The Morgan fingerprint density at radius 1 is 1.17 bits per heavy atom. The van der Waals surface area contributed by atoms with Crippen LogP contribution in [0.4, 0.5) is 17.1 Å². The summed E-state index contributed by atoms with van der Waals surface area (Å²) in [6.45, 7) is 5.09. The number of nitrogens with zero attached hydrogens (tertiary/aromatic N) is 1. The van der Waals surface area contributed by atoms with E-state index in [0.29, 0.717) is 5.69 Å². The molecule has 0 aromatic heterocycles. The molecule has 9 nitrogen and oxygen atoms in total. The highest BCUT2D eigenvalue weighted by Gasteiger charge is 2.23. The predicted molar refractivity (Wildman–Crippen MR) is 108 cm³/mol. The highest BCUT2D eigenvalue weighted by molar-refractivity contribution is 6.00. The van der Waals surface area contributed by atoms with E-state index in [1.54, 1.807) is 6.07 Å². The average Bonchev–Trinajstić information content (AvgIpc) is 2.68. The lowest BCUT2D eigenvalue weighted by Crippen LogP contribution is -2.30. The predicted octanol–water partition coefficient (Wildman–Crippen LogP) is 2.80. The fraction of sp³-hybridized carbons (Fsp3) is 0.300. The van der Waals surface area contributed by atoms with Gasteiger partial charge < -0.3 is 20.5 Å². The van der Waals surface area contributed by atoms with Crippen molar-refractivity contribution >= 4 is 28.9 Å². The van der Waals surface area contributed by atoms with Gasteiger partial charge in [0.25, 0.3) is 11.6 Å². The van der Waals surface area contributed by atoms with Gasteiger partial charge in [-0.3, -0.25) is 14.9 Å². The minimum atomic E-state index is -1.13. The van der Waals surface area contributed by atoms with Gasteiger partial charge in [0, 0.05) is 30.1 Å². The lowest BCUT2D eigenvalue weighted by Gasteiger charge is -2.16. The van der Waals surface area contributed by atoms with Crippen LogP contribution in [-0.4, -0.2) is 41.2 Å². The summed E-state index contributed by atoms with van der Waals surface area (Å²) in [6.07, 6.45) is -1.13. The molecule has 0 spiro atoms. The number of amides is 1. The second-order valence-corrected chi connectivity index (χ2v) is 6.49. The molecule has 0 aliphatic rings. The average molecular weight is 401 g/mol. The van der Waals surface area contributed by atoms with Crippen LogP contribution in [0.25, 0.3) is 0 Å². The van der Waals surface area contributed by atoms with E-state index >= 15 is 0 Å². The van der Waals surface area contributed by atoms with Gasteiger partial charge in [0.05, 0.1) is 17.1 Å². The molecule has 29 heavy (non-hydrogen) atoms. The number of anilines is 2. The maximum absolute atomic E-state index is 12.6. The van der Waals surface area contributed by atoms with Crippen molar-refractivity contribution in [3.63, 3.8) is 0 Å². The Morgan fingerprint density at radius 2 is 1.90 bits per heavy atom. The topological polar surface area (TPSA) is 131 Å². The first kappa shape index (κ1) is 21.8. The van der Waals surface area contributed by atoms with Crippen molar-refractivity contribution in [2.24, 2.45) is 0 Å². The largest absolute Gasteiger partial charge is 0.449 e. The van der Waals surface area contributed by atoms with Crippen molar-refractivity contribution in [1.82, 2.24) is 0 Å². The maximum atomic E-state index is 12.6. The third kappa shape index (κ3) is 5.76. The fourth-order valence-corrected chi connectivity index (χ4v) is 2.54. The molecule has 9 heteroatoms. The molecular weight excluding hydrogens is 378 g/mol. The molecule has 0 radical (unpaired) electrons. The number of aliphatic hydroxyl groups is 1. The number of ether oxygens (including phenoxy) is 1. The van der Waals surface area contributed by atoms with E-state index in [-0.39, 0.29) is 30.1 Å². The van der Waals surface area contributed by atoms with Gasteiger partial charge >= 0.3 is 5.97 Å². The number of aryl methyl sites for hydroxylation is 2. The normalized spacial score (nSPS) is 11.4. The molecule has 154 valence electrons. The zero-order valence-corrected chi connectivity index (χ0v) is 16.4.